The van der Waals surface area contributed by atoms with Gasteiger partial charge in [0, 0.05) is 21.8 Å². The minimum Gasteiger partial charge on any atom is -0.325 e. The van der Waals surface area contributed by atoms with Gasteiger partial charge in [0.05, 0.1) is 6.54 Å². The number of rotatable bonds is 5. The molecule has 2 aromatic rings. The molecule has 0 aliphatic rings. The third kappa shape index (κ3) is 4.74. The van der Waals surface area contributed by atoms with Crippen molar-refractivity contribution in [3.05, 3.63) is 64.1 Å². The molecule has 5 heteroatoms. The Morgan fingerprint density at radius 1 is 1.14 bits per heavy atom. The lowest BCUT2D eigenvalue weighted by molar-refractivity contribution is -0.115. The predicted octanol–water partition coefficient (Wildman–Crippen LogP) is 4.28. The van der Waals surface area contributed by atoms with Crippen molar-refractivity contribution >= 4 is 34.8 Å². The summed E-state index contributed by atoms with van der Waals surface area (Å²) in [5.74, 6) is -0.129. The number of hydrogen-bond acceptors (Lipinski definition) is 2. The van der Waals surface area contributed by atoms with E-state index in [0.717, 1.165) is 5.56 Å². The van der Waals surface area contributed by atoms with Gasteiger partial charge < -0.3 is 10.6 Å². The van der Waals surface area contributed by atoms with Gasteiger partial charge in [-0.25, -0.2) is 0 Å². The molecule has 0 radical (unpaired) electrons. The summed E-state index contributed by atoms with van der Waals surface area (Å²) in [6.07, 6.45) is 0. The summed E-state index contributed by atoms with van der Waals surface area (Å²) in [5.41, 5.74) is 1.65. The van der Waals surface area contributed by atoms with E-state index in [9.17, 15) is 4.79 Å². The highest BCUT2D eigenvalue weighted by Gasteiger charge is 2.10. The first-order chi connectivity index (χ1) is 10.1. The maximum absolute atomic E-state index is 11.9. The third-order valence-corrected chi connectivity index (χ3v) is 3.63. The normalized spacial score (nSPS) is 12.0. The van der Waals surface area contributed by atoms with Gasteiger partial charge in [-0.1, -0.05) is 47.5 Å². The van der Waals surface area contributed by atoms with Gasteiger partial charge in [-0.3, -0.25) is 4.79 Å². The number of carbonyl (C=O) groups excluding carboxylic acids is 1. The van der Waals surface area contributed by atoms with Crippen molar-refractivity contribution in [1.82, 2.24) is 5.32 Å². The highest BCUT2D eigenvalue weighted by Crippen LogP contribution is 2.22. The van der Waals surface area contributed by atoms with E-state index in [1.165, 1.54) is 0 Å². The van der Waals surface area contributed by atoms with E-state index in [1.807, 2.05) is 31.2 Å². The zero-order chi connectivity index (χ0) is 15.2. The lowest BCUT2D eigenvalue weighted by Gasteiger charge is -2.15. The van der Waals surface area contributed by atoms with Crippen LogP contribution in [0.3, 0.4) is 0 Å². The number of nitrogens with one attached hydrogen (secondary N) is 2. The molecular formula is C16H16Cl2N2O. The molecule has 0 fully saturated rings. The molecule has 0 bridgehead atoms. The van der Waals surface area contributed by atoms with Gasteiger partial charge in [-0.05, 0) is 36.8 Å². The molecule has 0 aromatic heterocycles. The fourth-order valence-electron chi connectivity index (χ4n) is 1.95. The Bertz CT molecular complexity index is 631. The minimum absolute atomic E-state index is 0.0104. The van der Waals surface area contributed by atoms with Gasteiger partial charge in [-0.2, -0.15) is 0 Å². The molecule has 1 amide bonds. The van der Waals surface area contributed by atoms with E-state index in [1.54, 1.807) is 24.3 Å². The number of hydrogen-bond donors (Lipinski definition) is 2. The Labute approximate surface area is 134 Å². The summed E-state index contributed by atoms with van der Waals surface area (Å²) in [5, 5.41) is 7.21. The Hall–Kier alpha value is -1.55. The molecule has 21 heavy (non-hydrogen) atoms. The van der Waals surface area contributed by atoms with Gasteiger partial charge in [0.2, 0.25) is 5.91 Å². The van der Waals surface area contributed by atoms with Crippen LogP contribution in [0.5, 0.6) is 0 Å². The van der Waals surface area contributed by atoms with Gasteiger partial charge >= 0.3 is 0 Å². The Kier molecular flexibility index (Phi) is 5.62. The molecule has 0 saturated carbocycles. The summed E-state index contributed by atoms with van der Waals surface area (Å²) < 4.78 is 0. The van der Waals surface area contributed by atoms with E-state index >= 15 is 0 Å². The summed E-state index contributed by atoms with van der Waals surface area (Å²) in [4.78, 5) is 11.9. The van der Waals surface area contributed by atoms with Crippen LogP contribution in [0.25, 0.3) is 0 Å². The lowest BCUT2D eigenvalue weighted by atomic mass is 10.1. The second-order valence-electron chi connectivity index (χ2n) is 4.68. The van der Waals surface area contributed by atoms with E-state index in [4.69, 9.17) is 23.2 Å². The van der Waals surface area contributed by atoms with Crippen LogP contribution < -0.4 is 10.6 Å². The van der Waals surface area contributed by atoms with E-state index < -0.39 is 0 Å². The van der Waals surface area contributed by atoms with E-state index in [2.05, 4.69) is 10.6 Å². The van der Waals surface area contributed by atoms with Crippen LogP contribution in [0, 0.1) is 0 Å². The molecule has 3 nitrogen and oxygen atoms in total. The van der Waals surface area contributed by atoms with Crippen molar-refractivity contribution < 1.29 is 4.79 Å². The highest BCUT2D eigenvalue weighted by atomic mass is 35.5. The fraction of sp³-hybridized carbons (Fsp3) is 0.188. The highest BCUT2D eigenvalue weighted by molar-refractivity contribution is 6.31. The van der Waals surface area contributed by atoms with Crippen LogP contribution in [0.2, 0.25) is 10.0 Å². The van der Waals surface area contributed by atoms with Crippen molar-refractivity contribution in [3.8, 4) is 0 Å². The van der Waals surface area contributed by atoms with Crippen molar-refractivity contribution in [1.29, 1.82) is 0 Å². The van der Waals surface area contributed by atoms with Crippen molar-refractivity contribution in [2.24, 2.45) is 0 Å². The SMILES string of the molecule is CC(NCC(=O)Nc1cccc(Cl)c1)c1ccccc1Cl. The largest absolute Gasteiger partial charge is 0.325 e. The van der Waals surface area contributed by atoms with Crippen LogP contribution >= 0.6 is 23.2 Å². The van der Waals surface area contributed by atoms with Crippen LogP contribution in [0.1, 0.15) is 18.5 Å². The number of anilines is 1. The van der Waals surface area contributed by atoms with Gasteiger partial charge in [0.1, 0.15) is 0 Å². The van der Waals surface area contributed by atoms with Crippen LogP contribution in [0.15, 0.2) is 48.5 Å². The number of amides is 1. The molecule has 110 valence electrons. The molecule has 2 rings (SSSR count). The quantitative estimate of drug-likeness (QED) is 0.862. The fourth-order valence-corrected chi connectivity index (χ4v) is 2.44. The maximum Gasteiger partial charge on any atom is 0.238 e. The second-order valence-corrected chi connectivity index (χ2v) is 5.53. The van der Waals surface area contributed by atoms with E-state index in [-0.39, 0.29) is 18.5 Å². The van der Waals surface area contributed by atoms with Crippen molar-refractivity contribution in [2.45, 2.75) is 13.0 Å². The number of benzene rings is 2. The Morgan fingerprint density at radius 2 is 1.90 bits per heavy atom. The molecule has 2 N–H and O–H groups in total. The first-order valence-electron chi connectivity index (χ1n) is 6.59. The molecular weight excluding hydrogens is 307 g/mol. The molecule has 1 atom stereocenters. The van der Waals surface area contributed by atoms with Gasteiger partial charge in [0.25, 0.3) is 0 Å². The summed E-state index contributed by atoms with van der Waals surface area (Å²) in [6, 6.07) is 14.6. The van der Waals surface area contributed by atoms with Crippen LogP contribution in [-0.2, 0) is 4.79 Å². The average Bonchev–Trinajstić information content (AvgIpc) is 2.45. The summed E-state index contributed by atoms with van der Waals surface area (Å²) in [7, 11) is 0. The predicted molar refractivity (Wildman–Crippen MR) is 88.0 cm³/mol. The van der Waals surface area contributed by atoms with Crippen LogP contribution in [-0.4, -0.2) is 12.5 Å². The Morgan fingerprint density at radius 3 is 2.62 bits per heavy atom. The molecule has 0 heterocycles. The standard InChI is InChI=1S/C16H16Cl2N2O/c1-11(14-7-2-3-8-15(14)18)19-10-16(21)20-13-6-4-5-12(17)9-13/h2-9,11,19H,10H2,1H3,(H,20,21). The second kappa shape index (κ2) is 7.46. The van der Waals surface area contributed by atoms with E-state index in [0.29, 0.717) is 15.7 Å². The number of carbonyl (C=O) groups is 1. The zero-order valence-corrected chi connectivity index (χ0v) is 13.1. The van der Waals surface area contributed by atoms with Crippen molar-refractivity contribution in [2.75, 3.05) is 11.9 Å². The average molecular weight is 323 g/mol. The first-order valence-corrected chi connectivity index (χ1v) is 7.35. The molecule has 2 aromatic carbocycles. The molecule has 1 unspecified atom stereocenters. The van der Waals surface area contributed by atoms with Crippen molar-refractivity contribution in [3.63, 3.8) is 0 Å². The summed E-state index contributed by atoms with van der Waals surface area (Å²) in [6.45, 7) is 2.16. The molecule has 0 aliphatic heterocycles. The maximum atomic E-state index is 11.9. The molecule has 0 spiro atoms. The van der Waals surface area contributed by atoms with Gasteiger partial charge in [-0.15, -0.1) is 0 Å². The lowest BCUT2D eigenvalue weighted by Crippen LogP contribution is -2.30. The topological polar surface area (TPSA) is 41.1 Å². The minimum atomic E-state index is -0.129. The molecule has 0 saturated heterocycles. The number of halogens is 2. The van der Waals surface area contributed by atoms with Gasteiger partial charge in [0.15, 0.2) is 0 Å². The zero-order valence-electron chi connectivity index (χ0n) is 11.6. The smallest absolute Gasteiger partial charge is 0.238 e. The summed E-state index contributed by atoms with van der Waals surface area (Å²) >= 11 is 12.0. The monoisotopic (exact) mass is 322 g/mol. The third-order valence-electron chi connectivity index (χ3n) is 3.05. The molecule has 0 aliphatic carbocycles. The first kappa shape index (κ1) is 15.8. The Balaban J connectivity index is 1.88. The van der Waals surface area contributed by atoms with Crippen LogP contribution in [0.4, 0.5) is 5.69 Å².